The zero-order valence-electron chi connectivity index (χ0n) is 18.0. The second-order valence-electron chi connectivity index (χ2n) is 8.32. The van der Waals surface area contributed by atoms with Gasteiger partial charge in [0.1, 0.15) is 5.82 Å². The molecule has 2 aliphatic rings. The second kappa shape index (κ2) is 9.50. The van der Waals surface area contributed by atoms with Gasteiger partial charge in [0.25, 0.3) is 5.91 Å². The highest BCUT2D eigenvalue weighted by atomic mass is 19.4. The fraction of sp³-hybridized carbons (Fsp3) is 0.545. The van der Waals surface area contributed by atoms with Gasteiger partial charge in [-0.05, 0) is 25.5 Å². The van der Waals surface area contributed by atoms with Gasteiger partial charge in [-0.25, -0.2) is 4.68 Å². The van der Waals surface area contributed by atoms with E-state index in [0.29, 0.717) is 19.8 Å². The number of aryl methyl sites for hydroxylation is 1. The molecule has 2 aromatic rings. The highest BCUT2D eigenvalue weighted by molar-refractivity contribution is 5.93. The molecule has 0 bridgehead atoms. The standard InChI is InChI=1S/C22H28F3N5O2/c1-15-3-5-16(6-4-15)17-13-19(22(23,24)25)30-20(27-17)14-18(28-30)21(31)26-7-2-8-29-9-11-32-12-10-29/h3-6,14,17,19,27H,2,7-13H2,1H3,(H,26,31)/t17-,19-/m0/s1. The number of hydrogen-bond acceptors (Lipinski definition) is 5. The van der Waals surface area contributed by atoms with Crippen molar-refractivity contribution in [2.45, 2.75) is 38.0 Å². The SMILES string of the molecule is Cc1ccc([C@@H]2C[C@@H](C(F)(F)F)n3nc(C(=O)NCCCN4CCOCC4)cc3N2)cc1. The molecular formula is C22H28F3N5O2. The fourth-order valence-corrected chi connectivity index (χ4v) is 4.12. The Bertz CT molecular complexity index is 923. The van der Waals surface area contributed by atoms with Gasteiger partial charge in [-0.15, -0.1) is 0 Å². The number of rotatable bonds is 6. The van der Waals surface area contributed by atoms with Gasteiger partial charge in [-0.3, -0.25) is 9.69 Å². The highest BCUT2D eigenvalue weighted by Gasteiger charge is 2.46. The van der Waals surface area contributed by atoms with Crippen LogP contribution in [0.15, 0.2) is 30.3 Å². The predicted molar refractivity (Wildman–Crippen MR) is 114 cm³/mol. The number of morpholine rings is 1. The van der Waals surface area contributed by atoms with Crippen molar-refractivity contribution in [3.63, 3.8) is 0 Å². The molecule has 0 radical (unpaired) electrons. The summed E-state index contributed by atoms with van der Waals surface area (Å²) in [6.45, 7) is 6.35. The van der Waals surface area contributed by atoms with Crippen LogP contribution in [-0.4, -0.2) is 66.2 Å². The van der Waals surface area contributed by atoms with Gasteiger partial charge in [-0.2, -0.15) is 18.3 Å². The van der Waals surface area contributed by atoms with Gasteiger partial charge >= 0.3 is 6.18 Å². The quantitative estimate of drug-likeness (QED) is 0.660. The van der Waals surface area contributed by atoms with Gasteiger partial charge < -0.3 is 15.4 Å². The first-order valence-corrected chi connectivity index (χ1v) is 10.9. The van der Waals surface area contributed by atoms with E-state index in [9.17, 15) is 18.0 Å². The summed E-state index contributed by atoms with van der Waals surface area (Å²) in [6, 6.07) is 6.49. The van der Waals surface area contributed by atoms with Gasteiger partial charge in [0, 0.05) is 32.1 Å². The molecule has 3 heterocycles. The largest absolute Gasteiger partial charge is 0.410 e. The van der Waals surface area contributed by atoms with E-state index in [-0.39, 0.29) is 17.9 Å². The van der Waals surface area contributed by atoms with Crippen LogP contribution < -0.4 is 10.6 Å². The maximum atomic E-state index is 13.8. The maximum Gasteiger partial charge on any atom is 0.410 e. The first kappa shape index (κ1) is 22.6. The molecule has 4 rings (SSSR count). The Labute approximate surface area is 184 Å². The lowest BCUT2D eigenvalue weighted by Gasteiger charge is -2.33. The van der Waals surface area contributed by atoms with Crippen LogP contribution in [0.4, 0.5) is 19.0 Å². The molecule has 1 fully saturated rings. The van der Waals surface area contributed by atoms with Crippen molar-refractivity contribution in [2.75, 3.05) is 44.7 Å². The number of carbonyl (C=O) groups excluding carboxylic acids is 1. The number of nitrogens with zero attached hydrogens (tertiary/aromatic N) is 3. The molecule has 0 unspecified atom stereocenters. The van der Waals surface area contributed by atoms with E-state index in [1.807, 2.05) is 31.2 Å². The number of alkyl halides is 3. The van der Waals surface area contributed by atoms with Crippen LogP contribution in [0.1, 0.15) is 46.5 Å². The molecule has 0 saturated carbocycles. The number of hydrogen-bond donors (Lipinski definition) is 2. The van der Waals surface area contributed by atoms with Gasteiger partial charge in [-0.1, -0.05) is 29.8 Å². The number of halogens is 3. The summed E-state index contributed by atoms with van der Waals surface area (Å²) < 4.78 is 47.6. The first-order chi connectivity index (χ1) is 15.3. The van der Waals surface area contributed by atoms with Crippen LogP contribution in [0.25, 0.3) is 0 Å². The van der Waals surface area contributed by atoms with Crippen LogP contribution in [0.3, 0.4) is 0 Å². The lowest BCUT2D eigenvalue weighted by atomic mass is 9.96. The molecule has 32 heavy (non-hydrogen) atoms. The molecule has 1 amide bonds. The van der Waals surface area contributed by atoms with Crippen molar-refractivity contribution in [3.05, 3.63) is 47.2 Å². The highest BCUT2D eigenvalue weighted by Crippen LogP contribution is 2.43. The molecule has 10 heteroatoms. The zero-order valence-corrected chi connectivity index (χ0v) is 18.0. The Morgan fingerprint density at radius 2 is 1.97 bits per heavy atom. The molecule has 0 aliphatic carbocycles. The summed E-state index contributed by atoms with van der Waals surface area (Å²) in [6.07, 6.45) is -3.92. The van der Waals surface area contributed by atoms with Crippen LogP contribution in [0, 0.1) is 6.92 Å². The second-order valence-corrected chi connectivity index (χ2v) is 8.32. The molecule has 1 saturated heterocycles. The van der Waals surface area contributed by atoms with Crippen LogP contribution in [0.2, 0.25) is 0 Å². The van der Waals surface area contributed by atoms with E-state index in [0.717, 1.165) is 41.9 Å². The average Bonchev–Trinajstić information content (AvgIpc) is 3.21. The monoisotopic (exact) mass is 451 g/mol. The first-order valence-electron chi connectivity index (χ1n) is 10.9. The Kier molecular flexibility index (Phi) is 6.71. The van der Waals surface area contributed by atoms with Crippen molar-refractivity contribution in [1.82, 2.24) is 20.0 Å². The number of nitrogens with one attached hydrogen (secondary N) is 2. The Morgan fingerprint density at radius 3 is 2.66 bits per heavy atom. The van der Waals surface area contributed by atoms with Crippen molar-refractivity contribution in [2.24, 2.45) is 0 Å². The van der Waals surface area contributed by atoms with E-state index in [1.54, 1.807) is 0 Å². The Hall–Kier alpha value is -2.59. The van der Waals surface area contributed by atoms with Crippen LogP contribution in [0.5, 0.6) is 0 Å². The fourth-order valence-electron chi connectivity index (χ4n) is 4.12. The van der Waals surface area contributed by atoms with Gasteiger partial charge in [0.05, 0.1) is 19.3 Å². The number of carbonyl (C=O) groups is 1. The number of ether oxygens (including phenoxy) is 1. The van der Waals surface area contributed by atoms with E-state index < -0.39 is 24.2 Å². The molecule has 0 spiro atoms. The molecule has 1 aromatic carbocycles. The topological polar surface area (TPSA) is 71.4 Å². The lowest BCUT2D eigenvalue weighted by Crippen LogP contribution is -2.38. The van der Waals surface area contributed by atoms with Gasteiger partial charge in [0.2, 0.25) is 0 Å². The molecule has 2 atom stereocenters. The number of fused-ring (bicyclic) bond motifs is 1. The summed E-state index contributed by atoms with van der Waals surface area (Å²) in [5, 5.41) is 9.90. The summed E-state index contributed by atoms with van der Waals surface area (Å²) in [5.41, 5.74) is 1.79. The minimum Gasteiger partial charge on any atom is -0.379 e. The summed E-state index contributed by atoms with van der Waals surface area (Å²) in [7, 11) is 0. The Balaban J connectivity index is 1.42. The van der Waals surface area contributed by atoms with E-state index in [1.165, 1.54) is 6.07 Å². The number of benzene rings is 1. The van der Waals surface area contributed by atoms with E-state index in [4.69, 9.17) is 4.74 Å². The lowest BCUT2D eigenvalue weighted by molar-refractivity contribution is -0.173. The third-order valence-electron chi connectivity index (χ3n) is 5.94. The average molecular weight is 451 g/mol. The van der Waals surface area contributed by atoms with Crippen molar-refractivity contribution >= 4 is 11.7 Å². The summed E-state index contributed by atoms with van der Waals surface area (Å²) >= 11 is 0. The smallest absolute Gasteiger partial charge is 0.379 e. The third kappa shape index (κ3) is 5.24. The molecule has 2 aliphatic heterocycles. The van der Waals surface area contributed by atoms with E-state index in [2.05, 4.69) is 20.6 Å². The number of anilines is 1. The molecule has 1 aromatic heterocycles. The minimum atomic E-state index is -4.47. The summed E-state index contributed by atoms with van der Waals surface area (Å²) in [5.74, 6) is -0.272. The van der Waals surface area contributed by atoms with Gasteiger partial charge in [0.15, 0.2) is 11.7 Å². The van der Waals surface area contributed by atoms with Crippen LogP contribution in [-0.2, 0) is 4.74 Å². The molecule has 174 valence electrons. The molecule has 7 nitrogen and oxygen atoms in total. The number of amides is 1. The van der Waals surface area contributed by atoms with Crippen molar-refractivity contribution in [3.8, 4) is 0 Å². The normalized spacial score (nSPS) is 21.6. The molecule has 2 N–H and O–H groups in total. The maximum absolute atomic E-state index is 13.8. The van der Waals surface area contributed by atoms with Crippen molar-refractivity contribution < 1.29 is 22.7 Å². The predicted octanol–water partition coefficient (Wildman–Crippen LogP) is 3.30. The van der Waals surface area contributed by atoms with Crippen LogP contribution >= 0.6 is 0 Å². The Morgan fingerprint density at radius 1 is 1.25 bits per heavy atom. The van der Waals surface area contributed by atoms with Crippen molar-refractivity contribution in [1.29, 1.82) is 0 Å². The summed E-state index contributed by atoms with van der Waals surface area (Å²) in [4.78, 5) is 14.8. The minimum absolute atomic E-state index is 0.0160. The molecular weight excluding hydrogens is 423 g/mol. The number of aromatic nitrogens is 2. The zero-order chi connectivity index (χ0) is 22.7. The van der Waals surface area contributed by atoms with E-state index >= 15 is 0 Å². The third-order valence-corrected chi connectivity index (χ3v) is 5.94.